The maximum Gasteiger partial charge on any atom is 0.337 e. The Morgan fingerprint density at radius 1 is 0.812 bits per heavy atom. The molecule has 3 heterocycles. The zero-order valence-electron chi connectivity index (χ0n) is 26.2. The molecule has 0 atom stereocenters. The third-order valence-corrected chi connectivity index (χ3v) is 8.53. The fourth-order valence-corrected chi connectivity index (χ4v) is 5.86. The lowest BCUT2D eigenvalue weighted by Gasteiger charge is -2.27. The molecule has 0 saturated carbocycles. The second kappa shape index (κ2) is 14.1. The number of halogens is 2. The second-order valence-corrected chi connectivity index (χ2v) is 11.5. The van der Waals surface area contributed by atoms with E-state index in [9.17, 15) is 9.59 Å². The molecular formula is C36H29Cl2N5O5. The van der Waals surface area contributed by atoms with Crippen LogP contribution in [0.1, 0.15) is 31.8 Å². The van der Waals surface area contributed by atoms with Crippen LogP contribution in [0.25, 0.3) is 22.3 Å². The Bertz CT molecular complexity index is 2140. The molecule has 10 nitrogen and oxygen atoms in total. The van der Waals surface area contributed by atoms with Gasteiger partial charge in [0.05, 0.1) is 62.1 Å². The van der Waals surface area contributed by atoms with Crippen LogP contribution < -0.4 is 9.64 Å². The Labute approximate surface area is 286 Å². The molecule has 0 spiro atoms. The predicted octanol–water partition coefficient (Wildman–Crippen LogP) is 7.77. The number of ether oxygens (including phenoxy) is 3. The average Bonchev–Trinajstić information content (AvgIpc) is 3.49. The molecule has 48 heavy (non-hydrogen) atoms. The summed E-state index contributed by atoms with van der Waals surface area (Å²) in [4.78, 5) is 35.1. The molecule has 12 heteroatoms. The van der Waals surface area contributed by atoms with Gasteiger partial charge >= 0.3 is 11.9 Å². The molecule has 0 bridgehead atoms. The minimum Gasteiger partial charge on any atom is -0.493 e. The number of hydrogen-bond donors (Lipinski definition) is 0. The topological polar surface area (TPSA) is 109 Å². The summed E-state index contributed by atoms with van der Waals surface area (Å²) in [7, 11) is 4.24. The van der Waals surface area contributed by atoms with Gasteiger partial charge in [0.1, 0.15) is 5.69 Å². The Hall–Kier alpha value is -5.45. The van der Waals surface area contributed by atoms with Gasteiger partial charge in [-0.05, 0) is 59.7 Å². The lowest BCUT2D eigenvalue weighted by molar-refractivity contribution is 0.0592. The molecule has 0 aliphatic carbocycles. The molecule has 0 aliphatic heterocycles. The number of aromatic nitrogens is 4. The third-order valence-electron chi connectivity index (χ3n) is 7.83. The van der Waals surface area contributed by atoms with Crippen molar-refractivity contribution in [2.45, 2.75) is 13.1 Å². The van der Waals surface area contributed by atoms with E-state index in [1.807, 2.05) is 52.0 Å². The van der Waals surface area contributed by atoms with Crippen LogP contribution in [0.5, 0.6) is 5.75 Å². The first kappa shape index (κ1) is 32.5. The van der Waals surface area contributed by atoms with Crippen molar-refractivity contribution in [3.05, 3.63) is 130 Å². The van der Waals surface area contributed by atoms with Crippen LogP contribution in [0.3, 0.4) is 0 Å². The van der Waals surface area contributed by atoms with Gasteiger partial charge in [0.25, 0.3) is 0 Å². The molecule has 0 fully saturated rings. The minimum absolute atomic E-state index is 0.333. The van der Waals surface area contributed by atoms with E-state index in [1.165, 1.54) is 14.2 Å². The van der Waals surface area contributed by atoms with Crippen molar-refractivity contribution >= 4 is 57.4 Å². The fourth-order valence-electron chi connectivity index (χ4n) is 5.38. The molecule has 0 unspecified atom stereocenters. The highest BCUT2D eigenvalue weighted by molar-refractivity contribution is 6.32. The summed E-state index contributed by atoms with van der Waals surface area (Å²) in [5, 5.41) is 6.73. The minimum atomic E-state index is -0.470. The van der Waals surface area contributed by atoms with Crippen LogP contribution in [-0.4, -0.2) is 53.0 Å². The van der Waals surface area contributed by atoms with Crippen molar-refractivity contribution in [3.63, 3.8) is 0 Å². The van der Waals surface area contributed by atoms with Gasteiger partial charge in [-0.15, -0.1) is 0 Å². The highest BCUT2D eigenvalue weighted by Crippen LogP contribution is 2.39. The van der Waals surface area contributed by atoms with Gasteiger partial charge < -0.3 is 19.1 Å². The first-order valence-corrected chi connectivity index (χ1v) is 15.5. The van der Waals surface area contributed by atoms with E-state index in [2.05, 4.69) is 4.98 Å². The van der Waals surface area contributed by atoms with Crippen LogP contribution in [0.15, 0.2) is 97.5 Å². The number of benzene rings is 3. The Balaban J connectivity index is 1.43. The smallest absolute Gasteiger partial charge is 0.337 e. The number of nitrogens with zero attached hydrogens (tertiary/aromatic N) is 5. The number of carbonyl (C=O) groups is 2. The lowest BCUT2D eigenvalue weighted by Crippen LogP contribution is -2.18. The SMILES string of the molecule is COC(=O)c1ccc(CN(c2ccncc2)c2cc(-c3nn(Cc4ccc(C(=O)OC)cc4Cl)c4ccccc34)ncc2OC)c(Cl)c1. The Kier molecular flexibility index (Phi) is 9.56. The van der Waals surface area contributed by atoms with Gasteiger partial charge in [-0.3, -0.25) is 14.6 Å². The van der Waals surface area contributed by atoms with E-state index < -0.39 is 11.9 Å². The quantitative estimate of drug-likeness (QED) is 0.134. The van der Waals surface area contributed by atoms with Crippen molar-refractivity contribution in [1.29, 1.82) is 0 Å². The van der Waals surface area contributed by atoms with Gasteiger partial charge in [0, 0.05) is 40.1 Å². The number of para-hydroxylation sites is 1. The lowest BCUT2D eigenvalue weighted by atomic mass is 10.1. The van der Waals surface area contributed by atoms with Crippen molar-refractivity contribution in [3.8, 4) is 17.1 Å². The van der Waals surface area contributed by atoms with E-state index in [0.717, 1.165) is 27.7 Å². The van der Waals surface area contributed by atoms with Gasteiger partial charge in [0.15, 0.2) is 5.75 Å². The summed E-state index contributed by atoms with van der Waals surface area (Å²) in [6.07, 6.45) is 5.07. The fraction of sp³-hybridized carbons (Fsp3) is 0.139. The summed E-state index contributed by atoms with van der Waals surface area (Å²) in [6, 6.07) is 23.7. The molecule has 3 aromatic heterocycles. The molecule has 3 aromatic carbocycles. The van der Waals surface area contributed by atoms with Gasteiger partial charge in [-0.25, -0.2) is 9.59 Å². The zero-order chi connectivity index (χ0) is 33.8. The molecule has 0 saturated heterocycles. The van der Waals surface area contributed by atoms with E-state index in [-0.39, 0.29) is 0 Å². The standard InChI is InChI=1S/C36H29Cl2N5O5/c1-46-33-19-40-30(18-32(33)42(26-12-14-39-15-13-26)20-24-10-8-22(16-28(24)37)35(44)47-2)34-27-6-4-5-7-31(27)43(41-34)21-25-11-9-23(17-29(25)38)36(45)48-3/h4-19H,20-21H2,1-3H3. The van der Waals surface area contributed by atoms with Crippen molar-refractivity contribution in [2.75, 3.05) is 26.2 Å². The monoisotopic (exact) mass is 681 g/mol. The zero-order valence-corrected chi connectivity index (χ0v) is 27.7. The predicted molar refractivity (Wildman–Crippen MR) is 184 cm³/mol. The molecule has 0 radical (unpaired) electrons. The van der Waals surface area contributed by atoms with Crippen molar-refractivity contribution < 1.29 is 23.8 Å². The van der Waals surface area contributed by atoms with Crippen LogP contribution in [0.2, 0.25) is 10.0 Å². The number of fused-ring (bicyclic) bond motifs is 1. The molecule has 6 rings (SSSR count). The second-order valence-electron chi connectivity index (χ2n) is 10.7. The van der Waals surface area contributed by atoms with Gasteiger partial charge in [-0.2, -0.15) is 5.10 Å². The largest absolute Gasteiger partial charge is 0.493 e. The number of hydrogen-bond acceptors (Lipinski definition) is 9. The van der Waals surface area contributed by atoms with E-state index in [4.69, 9.17) is 47.5 Å². The highest BCUT2D eigenvalue weighted by Gasteiger charge is 2.22. The maximum atomic E-state index is 12.1. The number of carbonyl (C=O) groups excluding carboxylic acids is 2. The average molecular weight is 683 g/mol. The van der Waals surface area contributed by atoms with Crippen LogP contribution >= 0.6 is 23.2 Å². The van der Waals surface area contributed by atoms with Gasteiger partial charge in [0.2, 0.25) is 0 Å². The van der Waals surface area contributed by atoms with Crippen molar-refractivity contribution in [2.24, 2.45) is 0 Å². The molecule has 6 aromatic rings. The summed E-state index contributed by atoms with van der Waals surface area (Å²) < 4.78 is 17.3. The number of pyridine rings is 2. The molecule has 242 valence electrons. The number of rotatable bonds is 10. The molecule has 0 N–H and O–H groups in total. The maximum absolute atomic E-state index is 12.1. The summed E-state index contributed by atoms with van der Waals surface area (Å²) in [5.74, 6) is -0.404. The van der Waals surface area contributed by atoms with Crippen LogP contribution in [0, 0.1) is 0 Å². The van der Waals surface area contributed by atoms with Crippen LogP contribution in [0.4, 0.5) is 11.4 Å². The molecule has 0 aliphatic rings. The Morgan fingerprint density at radius 3 is 2.08 bits per heavy atom. The van der Waals surface area contributed by atoms with E-state index in [0.29, 0.717) is 57.1 Å². The summed E-state index contributed by atoms with van der Waals surface area (Å²) in [6.45, 7) is 0.687. The Morgan fingerprint density at radius 2 is 1.46 bits per heavy atom. The first-order chi connectivity index (χ1) is 23.3. The van der Waals surface area contributed by atoms with Crippen LogP contribution in [-0.2, 0) is 22.6 Å². The summed E-state index contributed by atoms with van der Waals surface area (Å²) >= 11 is 13.3. The molecule has 0 amide bonds. The number of anilines is 2. The normalized spacial score (nSPS) is 10.9. The number of methoxy groups -OCH3 is 3. The number of esters is 2. The summed E-state index contributed by atoms with van der Waals surface area (Å²) in [5.41, 5.74) is 5.96. The molecular weight excluding hydrogens is 653 g/mol. The third kappa shape index (κ3) is 6.53. The highest BCUT2D eigenvalue weighted by atomic mass is 35.5. The first-order valence-electron chi connectivity index (χ1n) is 14.7. The van der Waals surface area contributed by atoms with Crippen molar-refractivity contribution in [1.82, 2.24) is 19.7 Å². The van der Waals surface area contributed by atoms with Gasteiger partial charge in [-0.1, -0.05) is 53.5 Å². The van der Waals surface area contributed by atoms with E-state index >= 15 is 0 Å². The van der Waals surface area contributed by atoms with E-state index in [1.54, 1.807) is 62.1 Å².